The van der Waals surface area contributed by atoms with Crippen molar-refractivity contribution < 1.29 is 18.7 Å². The molecule has 34 heavy (non-hydrogen) atoms. The van der Waals surface area contributed by atoms with Crippen molar-refractivity contribution in [1.82, 2.24) is 9.62 Å². The molecule has 2 saturated carbocycles. The predicted molar refractivity (Wildman–Crippen MR) is 130 cm³/mol. The first kappa shape index (κ1) is 26.3. The molecule has 0 aromatic heterocycles. The summed E-state index contributed by atoms with van der Waals surface area (Å²) in [7, 11) is -1.91. The van der Waals surface area contributed by atoms with Gasteiger partial charge in [0.15, 0.2) is 0 Å². The standard InChI is InChI=1S/C24H36N4O5S/c1-6-27(34(33)19-10-8-7-9-18(19)28(31)32)23(3,4)22(30)26-20-15(2)11-16-12-17(20)14-24(5,13-16)21(25)29/h7-10,15-17,20H,6,11-14H2,1-5H3,(H2,25,29)(H,26,30). The quantitative estimate of drug-likeness (QED) is 0.424. The van der Waals surface area contributed by atoms with Gasteiger partial charge in [-0.25, -0.2) is 8.51 Å². The molecule has 0 spiro atoms. The van der Waals surface area contributed by atoms with Crippen molar-refractivity contribution in [1.29, 1.82) is 0 Å². The third-order valence-electron chi connectivity index (χ3n) is 7.72. The maximum atomic E-state index is 13.6. The van der Waals surface area contributed by atoms with Gasteiger partial charge in [0.1, 0.15) is 21.4 Å². The summed E-state index contributed by atoms with van der Waals surface area (Å²) in [4.78, 5) is 36.7. The number of rotatable bonds is 8. The number of para-hydroxylation sites is 1. The van der Waals surface area contributed by atoms with Crippen LogP contribution in [0.1, 0.15) is 60.3 Å². The number of likely N-dealkylation sites (N-methyl/N-ethyl adjacent to an activating group) is 1. The zero-order chi connectivity index (χ0) is 25.4. The average Bonchev–Trinajstić information content (AvgIpc) is 2.76. The van der Waals surface area contributed by atoms with Crippen LogP contribution in [0.4, 0.5) is 5.69 Å². The van der Waals surface area contributed by atoms with Crippen LogP contribution in [0.5, 0.6) is 0 Å². The zero-order valence-corrected chi connectivity index (χ0v) is 21.4. The highest BCUT2D eigenvalue weighted by atomic mass is 32.2. The summed E-state index contributed by atoms with van der Waals surface area (Å²) in [6.07, 6.45) is 3.27. The summed E-state index contributed by atoms with van der Waals surface area (Å²) >= 11 is 0. The number of nitro groups is 1. The topological polar surface area (TPSA) is 136 Å². The van der Waals surface area contributed by atoms with E-state index in [4.69, 9.17) is 5.73 Å². The summed E-state index contributed by atoms with van der Waals surface area (Å²) in [5.74, 6) is 0.194. The minimum Gasteiger partial charge on any atom is -0.369 e. The average molecular weight is 493 g/mol. The molecule has 2 aliphatic carbocycles. The highest BCUT2D eigenvalue weighted by Crippen LogP contribution is 2.50. The molecule has 1 aromatic carbocycles. The molecule has 0 aliphatic heterocycles. The van der Waals surface area contributed by atoms with Gasteiger partial charge in [-0.3, -0.25) is 19.7 Å². The number of nitrogens with two attached hydrogens (primary N) is 1. The minimum absolute atomic E-state index is 0.0635. The molecule has 1 aromatic rings. The lowest BCUT2D eigenvalue weighted by Crippen LogP contribution is -2.61. The van der Waals surface area contributed by atoms with Crippen molar-refractivity contribution in [3.8, 4) is 0 Å². The fraction of sp³-hybridized carbons (Fsp3) is 0.667. The predicted octanol–water partition coefficient (Wildman–Crippen LogP) is 3.15. The maximum absolute atomic E-state index is 13.6. The number of nitrogens with zero attached hydrogens (tertiary/aromatic N) is 2. The van der Waals surface area contributed by atoms with Crippen LogP contribution in [0.25, 0.3) is 0 Å². The Labute approximate surface area is 203 Å². The Bertz CT molecular complexity index is 997. The van der Waals surface area contributed by atoms with Crippen LogP contribution in [0.15, 0.2) is 29.2 Å². The molecule has 2 aliphatic rings. The van der Waals surface area contributed by atoms with Gasteiger partial charge in [0.05, 0.1) is 4.92 Å². The minimum atomic E-state index is -1.91. The second-order valence-corrected chi connectivity index (χ2v) is 12.0. The number of primary amides is 1. The van der Waals surface area contributed by atoms with Gasteiger partial charge in [0.2, 0.25) is 11.8 Å². The lowest BCUT2D eigenvalue weighted by atomic mass is 9.57. The summed E-state index contributed by atoms with van der Waals surface area (Å²) in [5.41, 5.74) is 3.71. The molecule has 9 nitrogen and oxygen atoms in total. The van der Waals surface area contributed by atoms with Gasteiger partial charge < -0.3 is 11.1 Å². The van der Waals surface area contributed by atoms with Gasteiger partial charge in [0.25, 0.3) is 5.69 Å². The molecule has 0 radical (unpaired) electrons. The largest absolute Gasteiger partial charge is 0.369 e. The van der Waals surface area contributed by atoms with E-state index in [1.807, 2.05) is 6.92 Å². The third-order valence-corrected chi connectivity index (χ3v) is 9.56. The number of hydrogen-bond acceptors (Lipinski definition) is 5. The van der Waals surface area contributed by atoms with Crippen molar-refractivity contribution in [2.45, 2.75) is 76.8 Å². The van der Waals surface area contributed by atoms with Gasteiger partial charge >= 0.3 is 0 Å². The van der Waals surface area contributed by atoms with Gasteiger partial charge in [-0.05, 0) is 63.4 Å². The van der Waals surface area contributed by atoms with Gasteiger partial charge in [-0.15, -0.1) is 0 Å². The van der Waals surface area contributed by atoms with Crippen LogP contribution in [0.3, 0.4) is 0 Å². The van der Waals surface area contributed by atoms with E-state index in [1.54, 1.807) is 26.8 Å². The van der Waals surface area contributed by atoms with Crippen molar-refractivity contribution in [3.63, 3.8) is 0 Å². The number of amides is 2. The number of carbonyl (C=O) groups excluding carboxylic acids is 2. The summed E-state index contributed by atoms with van der Waals surface area (Å²) in [5, 5.41) is 14.7. The molecule has 2 bridgehead atoms. The fourth-order valence-electron chi connectivity index (χ4n) is 5.98. The molecule has 0 saturated heterocycles. The Morgan fingerprint density at radius 2 is 1.94 bits per heavy atom. The first-order valence-electron chi connectivity index (χ1n) is 11.9. The molecule has 3 rings (SSSR count). The van der Waals surface area contributed by atoms with Crippen molar-refractivity contribution >= 4 is 28.5 Å². The van der Waals surface area contributed by atoms with E-state index < -0.39 is 26.9 Å². The van der Waals surface area contributed by atoms with Crippen LogP contribution in [-0.4, -0.2) is 43.4 Å². The molecule has 3 N–H and O–H groups in total. The SMILES string of the molecule is CCN(S(=O)c1ccccc1[N+](=O)[O-])C(C)(C)C(=O)NC1C(C)CC2CC1CC(C)(C(N)=O)C2. The molecule has 0 heterocycles. The van der Waals surface area contributed by atoms with E-state index in [2.05, 4.69) is 12.2 Å². The number of nitrogens with one attached hydrogen (secondary N) is 1. The normalized spacial score (nSPS) is 29.9. The molecule has 2 amide bonds. The Morgan fingerprint density at radius 3 is 2.53 bits per heavy atom. The lowest BCUT2D eigenvalue weighted by molar-refractivity contribution is -0.387. The van der Waals surface area contributed by atoms with Crippen molar-refractivity contribution in [2.75, 3.05) is 6.54 Å². The molecule has 2 fully saturated rings. The number of benzene rings is 1. The summed E-state index contributed by atoms with van der Waals surface area (Å²) in [6.45, 7) is 9.43. The lowest BCUT2D eigenvalue weighted by Gasteiger charge is -2.50. The third kappa shape index (κ3) is 4.88. The Balaban J connectivity index is 1.83. The molecular formula is C24H36N4O5S. The van der Waals surface area contributed by atoms with E-state index in [9.17, 15) is 23.9 Å². The smallest absolute Gasteiger partial charge is 0.286 e. The number of nitro benzene ring substituents is 1. The van der Waals surface area contributed by atoms with Gasteiger partial charge in [-0.1, -0.05) is 32.9 Å². The van der Waals surface area contributed by atoms with E-state index >= 15 is 0 Å². The van der Waals surface area contributed by atoms with Crippen LogP contribution in [-0.2, 0) is 20.6 Å². The molecular weight excluding hydrogens is 456 g/mol. The summed E-state index contributed by atoms with van der Waals surface area (Å²) in [6, 6.07) is 5.77. The van der Waals surface area contributed by atoms with Crippen LogP contribution >= 0.6 is 0 Å². The van der Waals surface area contributed by atoms with Crippen LogP contribution < -0.4 is 11.1 Å². The highest BCUT2D eigenvalue weighted by molar-refractivity contribution is 7.83. The maximum Gasteiger partial charge on any atom is 0.286 e. The highest BCUT2D eigenvalue weighted by Gasteiger charge is 2.49. The fourth-order valence-corrected chi connectivity index (χ4v) is 7.47. The van der Waals surface area contributed by atoms with E-state index in [-0.39, 0.29) is 46.8 Å². The van der Waals surface area contributed by atoms with Gasteiger partial charge in [0, 0.05) is 24.1 Å². The zero-order valence-electron chi connectivity index (χ0n) is 20.6. The Hall–Kier alpha value is -2.33. The van der Waals surface area contributed by atoms with E-state index in [1.165, 1.54) is 22.5 Å². The number of hydrogen-bond donors (Lipinski definition) is 2. The van der Waals surface area contributed by atoms with Crippen molar-refractivity contribution in [3.05, 3.63) is 34.4 Å². The monoisotopic (exact) mass is 492 g/mol. The summed E-state index contributed by atoms with van der Waals surface area (Å²) < 4.78 is 14.9. The van der Waals surface area contributed by atoms with E-state index in [0.717, 1.165) is 19.3 Å². The Kier molecular flexibility index (Phi) is 7.52. The number of fused-ring (bicyclic) bond motifs is 2. The molecule has 6 unspecified atom stereocenters. The molecule has 6 atom stereocenters. The second-order valence-electron chi connectivity index (χ2n) is 10.6. The van der Waals surface area contributed by atoms with Crippen LogP contribution in [0, 0.1) is 33.3 Å². The number of carbonyl (C=O) groups is 2. The second kappa shape index (κ2) is 9.73. The molecule has 188 valence electrons. The first-order valence-corrected chi connectivity index (χ1v) is 13.0. The Morgan fingerprint density at radius 1 is 1.29 bits per heavy atom. The molecule has 10 heteroatoms. The van der Waals surface area contributed by atoms with Crippen LogP contribution in [0.2, 0.25) is 0 Å². The van der Waals surface area contributed by atoms with Crippen molar-refractivity contribution in [2.24, 2.45) is 28.9 Å². The van der Waals surface area contributed by atoms with E-state index in [0.29, 0.717) is 12.3 Å². The first-order chi connectivity index (χ1) is 15.8. The van der Waals surface area contributed by atoms with Gasteiger partial charge in [-0.2, -0.15) is 0 Å².